The summed E-state index contributed by atoms with van der Waals surface area (Å²) in [5, 5.41) is 2.07. The van der Waals surface area contributed by atoms with Gasteiger partial charge in [-0.1, -0.05) is 42.5 Å². The van der Waals surface area contributed by atoms with Crippen LogP contribution in [0.15, 0.2) is 72.1 Å². The third kappa shape index (κ3) is 2.14. The zero-order valence-electron chi connectivity index (χ0n) is 12.0. The highest BCUT2D eigenvalue weighted by molar-refractivity contribution is 7.09. The van der Waals surface area contributed by atoms with Crippen molar-refractivity contribution in [1.82, 2.24) is 0 Å². The number of anilines is 2. The fourth-order valence-electron chi connectivity index (χ4n) is 3.06. The highest BCUT2D eigenvalue weighted by Gasteiger charge is 2.37. The Bertz CT molecular complexity index is 795. The van der Waals surface area contributed by atoms with E-state index in [1.807, 2.05) is 59.5 Å². The number of carbonyl (C=O) groups excluding carboxylic acids is 1. The van der Waals surface area contributed by atoms with Gasteiger partial charge >= 0.3 is 0 Å². The minimum Gasteiger partial charge on any atom is -0.280 e. The largest absolute Gasteiger partial charge is 0.280 e. The van der Waals surface area contributed by atoms with Crippen LogP contribution in [0, 0.1) is 0 Å². The number of rotatable bonds is 3. The minimum atomic E-state index is -0.0879. The number of carbonyl (C=O) groups is 1. The molecule has 2 nitrogen and oxygen atoms in total. The smallest absolute Gasteiger partial charge is 0.239 e. The molecule has 108 valence electrons. The van der Waals surface area contributed by atoms with E-state index in [1.54, 1.807) is 11.3 Å². The normalized spacial score (nSPS) is 16.8. The Morgan fingerprint density at radius 3 is 2.45 bits per heavy atom. The number of amides is 1. The van der Waals surface area contributed by atoms with Crippen molar-refractivity contribution in [3.8, 4) is 0 Å². The zero-order chi connectivity index (χ0) is 14.9. The Morgan fingerprint density at radius 2 is 1.68 bits per heavy atom. The number of hydrogen-bond acceptors (Lipinski definition) is 2. The average Bonchev–Trinajstić information content (AvgIpc) is 3.16. The zero-order valence-corrected chi connectivity index (χ0v) is 12.8. The van der Waals surface area contributed by atoms with Gasteiger partial charge in [0.2, 0.25) is 5.91 Å². The van der Waals surface area contributed by atoms with Crippen LogP contribution in [0.5, 0.6) is 0 Å². The van der Waals surface area contributed by atoms with Crippen molar-refractivity contribution in [2.45, 2.75) is 12.3 Å². The summed E-state index contributed by atoms with van der Waals surface area (Å²) in [6.45, 7) is 0. The molecule has 1 aromatic heterocycles. The van der Waals surface area contributed by atoms with Crippen LogP contribution in [0.4, 0.5) is 11.4 Å². The first-order chi connectivity index (χ1) is 10.8. The summed E-state index contributed by atoms with van der Waals surface area (Å²) in [6, 6.07) is 22.2. The summed E-state index contributed by atoms with van der Waals surface area (Å²) in [5.74, 6) is 0.0795. The summed E-state index contributed by atoms with van der Waals surface area (Å²) in [4.78, 5) is 16.1. The van der Waals surface area contributed by atoms with Crippen molar-refractivity contribution in [2.75, 3.05) is 4.90 Å². The van der Waals surface area contributed by atoms with Gasteiger partial charge in [0.05, 0.1) is 11.6 Å². The van der Waals surface area contributed by atoms with Crippen LogP contribution in [-0.4, -0.2) is 5.91 Å². The number of benzene rings is 2. The molecule has 3 heteroatoms. The molecule has 3 aromatic rings. The van der Waals surface area contributed by atoms with Gasteiger partial charge in [-0.15, -0.1) is 11.3 Å². The predicted molar refractivity (Wildman–Crippen MR) is 90.8 cm³/mol. The van der Waals surface area contributed by atoms with Crippen molar-refractivity contribution < 1.29 is 4.79 Å². The highest BCUT2D eigenvalue weighted by Crippen LogP contribution is 2.43. The van der Waals surface area contributed by atoms with E-state index < -0.39 is 0 Å². The molecule has 0 aliphatic carbocycles. The molecule has 0 radical (unpaired) electrons. The van der Waals surface area contributed by atoms with Gasteiger partial charge in [0.25, 0.3) is 0 Å². The van der Waals surface area contributed by atoms with E-state index in [0.717, 1.165) is 23.4 Å². The fourth-order valence-corrected chi connectivity index (χ4v) is 3.82. The number of thiophene rings is 1. The maximum absolute atomic E-state index is 13.0. The van der Waals surface area contributed by atoms with E-state index in [1.165, 1.54) is 4.88 Å². The molecule has 0 fully saturated rings. The molecule has 2 aromatic carbocycles. The summed E-state index contributed by atoms with van der Waals surface area (Å²) >= 11 is 1.71. The molecular formula is C19H15NOS. The molecule has 4 rings (SSSR count). The molecule has 1 aliphatic rings. The standard InChI is InChI=1S/C19H15NOS/c21-19-17(13-15-9-6-12-22-15)16-10-4-5-11-18(16)20(19)14-7-2-1-3-8-14/h1-12,17H,13H2. The van der Waals surface area contributed by atoms with Gasteiger partial charge in [-0.05, 0) is 41.6 Å². The average molecular weight is 305 g/mol. The van der Waals surface area contributed by atoms with E-state index in [4.69, 9.17) is 0 Å². The summed E-state index contributed by atoms with van der Waals surface area (Å²) in [5.41, 5.74) is 3.08. The lowest BCUT2D eigenvalue weighted by molar-refractivity contribution is -0.118. The van der Waals surface area contributed by atoms with Crippen molar-refractivity contribution in [1.29, 1.82) is 0 Å². The molecule has 0 bridgehead atoms. The molecule has 22 heavy (non-hydrogen) atoms. The van der Waals surface area contributed by atoms with E-state index in [9.17, 15) is 4.79 Å². The number of fused-ring (bicyclic) bond motifs is 1. The molecule has 1 aliphatic heterocycles. The van der Waals surface area contributed by atoms with Crippen LogP contribution in [-0.2, 0) is 11.2 Å². The van der Waals surface area contributed by atoms with Gasteiger partial charge in [0.15, 0.2) is 0 Å². The van der Waals surface area contributed by atoms with Gasteiger partial charge < -0.3 is 0 Å². The molecule has 1 atom stereocenters. The molecule has 1 unspecified atom stereocenters. The topological polar surface area (TPSA) is 20.3 Å². The monoisotopic (exact) mass is 305 g/mol. The van der Waals surface area contributed by atoms with Crippen LogP contribution in [0.25, 0.3) is 0 Å². The van der Waals surface area contributed by atoms with Gasteiger partial charge in [-0.25, -0.2) is 0 Å². The van der Waals surface area contributed by atoms with Crippen molar-refractivity contribution >= 4 is 28.6 Å². The van der Waals surface area contributed by atoms with E-state index in [-0.39, 0.29) is 11.8 Å². The quantitative estimate of drug-likeness (QED) is 0.683. The summed E-state index contributed by atoms with van der Waals surface area (Å²) < 4.78 is 0. The molecule has 0 N–H and O–H groups in total. The Labute approximate surface area is 133 Å². The maximum atomic E-state index is 13.0. The number of hydrogen-bond donors (Lipinski definition) is 0. The minimum absolute atomic E-state index is 0.0879. The van der Waals surface area contributed by atoms with Crippen LogP contribution in [0.2, 0.25) is 0 Å². The predicted octanol–water partition coefficient (Wildman–Crippen LogP) is 4.75. The van der Waals surface area contributed by atoms with Crippen LogP contribution in [0.1, 0.15) is 16.4 Å². The molecule has 1 amide bonds. The first-order valence-corrected chi connectivity index (χ1v) is 8.23. The number of para-hydroxylation sites is 2. The Morgan fingerprint density at radius 1 is 0.909 bits per heavy atom. The molecule has 2 heterocycles. The van der Waals surface area contributed by atoms with E-state index in [0.29, 0.717) is 0 Å². The second-order valence-electron chi connectivity index (χ2n) is 5.40. The van der Waals surface area contributed by atoms with Crippen LogP contribution in [0.3, 0.4) is 0 Å². The van der Waals surface area contributed by atoms with Crippen LogP contribution < -0.4 is 4.90 Å². The Balaban J connectivity index is 1.78. The highest BCUT2D eigenvalue weighted by atomic mass is 32.1. The second kappa shape index (κ2) is 5.43. The fraction of sp³-hybridized carbons (Fsp3) is 0.105. The van der Waals surface area contributed by atoms with Crippen LogP contribution >= 0.6 is 11.3 Å². The second-order valence-corrected chi connectivity index (χ2v) is 6.44. The molecule has 0 spiro atoms. The number of nitrogens with zero attached hydrogens (tertiary/aromatic N) is 1. The lowest BCUT2D eigenvalue weighted by Gasteiger charge is -2.18. The summed E-state index contributed by atoms with van der Waals surface area (Å²) in [6.07, 6.45) is 0.775. The van der Waals surface area contributed by atoms with Crippen molar-refractivity contribution in [3.63, 3.8) is 0 Å². The van der Waals surface area contributed by atoms with Gasteiger partial charge in [-0.2, -0.15) is 0 Å². The lowest BCUT2D eigenvalue weighted by Crippen LogP contribution is -2.24. The SMILES string of the molecule is O=C1C(Cc2cccs2)c2ccccc2N1c1ccccc1. The first kappa shape index (κ1) is 13.3. The van der Waals surface area contributed by atoms with Gasteiger partial charge in [0.1, 0.15) is 0 Å². The Kier molecular flexibility index (Phi) is 3.28. The summed E-state index contributed by atoms with van der Waals surface area (Å²) in [7, 11) is 0. The first-order valence-electron chi connectivity index (χ1n) is 7.35. The van der Waals surface area contributed by atoms with Crippen molar-refractivity contribution in [2.24, 2.45) is 0 Å². The third-order valence-electron chi connectivity index (χ3n) is 4.07. The molecule has 0 saturated carbocycles. The van der Waals surface area contributed by atoms with Gasteiger partial charge in [-0.3, -0.25) is 9.69 Å². The lowest BCUT2D eigenvalue weighted by atomic mass is 9.97. The Hall–Kier alpha value is -2.39. The van der Waals surface area contributed by atoms with E-state index >= 15 is 0 Å². The maximum Gasteiger partial charge on any atom is 0.239 e. The van der Waals surface area contributed by atoms with Gasteiger partial charge in [0, 0.05) is 10.6 Å². The molecule has 0 saturated heterocycles. The third-order valence-corrected chi connectivity index (χ3v) is 4.97. The molecular weight excluding hydrogens is 290 g/mol. The van der Waals surface area contributed by atoms with E-state index in [2.05, 4.69) is 17.5 Å². The van der Waals surface area contributed by atoms with Crippen molar-refractivity contribution in [3.05, 3.63) is 82.6 Å².